The zero-order chi connectivity index (χ0) is 19.3. The Labute approximate surface area is 161 Å². The lowest BCUT2D eigenvalue weighted by Crippen LogP contribution is -2.17. The number of hydrogen-bond donors (Lipinski definition) is 1. The van der Waals surface area contributed by atoms with Gasteiger partial charge in [-0.25, -0.2) is 9.82 Å². The molecule has 1 amide bonds. The van der Waals surface area contributed by atoms with Gasteiger partial charge < -0.3 is 4.57 Å². The highest BCUT2D eigenvalue weighted by molar-refractivity contribution is 6.00. The molecule has 0 spiro atoms. The molecule has 1 heterocycles. The summed E-state index contributed by atoms with van der Waals surface area (Å²) < 4.78 is 16.0. The van der Waals surface area contributed by atoms with Crippen LogP contribution in [0.25, 0.3) is 10.9 Å². The first-order valence-electron chi connectivity index (χ1n) is 8.92. The zero-order valence-electron chi connectivity index (χ0n) is 15.0. The summed E-state index contributed by atoms with van der Waals surface area (Å²) in [7, 11) is 0. The van der Waals surface area contributed by atoms with E-state index < -0.39 is 0 Å². The number of halogens is 1. The highest BCUT2D eigenvalue weighted by atomic mass is 19.1. The molecule has 3 aromatic carbocycles. The fourth-order valence-corrected chi connectivity index (χ4v) is 3.13. The van der Waals surface area contributed by atoms with Gasteiger partial charge >= 0.3 is 0 Å². The zero-order valence-corrected chi connectivity index (χ0v) is 15.0. The van der Waals surface area contributed by atoms with Crippen LogP contribution in [0.4, 0.5) is 4.39 Å². The van der Waals surface area contributed by atoms with Crippen LogP contribution in [0.2, 0.25) is 0 Å². The molecular weight excluding hydrogens is 353 g/mol. The maximum absolute atomic E-state index is 14.0. The summed E-state index contributed by atoms with van der Waals surface area (Å²) in [5.74, 6) is -0.502. The van der Waals surface area contributed by atoms with Gasteiger partial charge in [-0.2, -0.15) is 5.10 Å². The summed E-state index contributed by atoms with van der Waals surface area (Å²) in [5.41, 5.74) is 5.52. The van der Waals surface area contributed by atoms with Crippen molar-refractivity contribution in [2.75, 3.05) is 0 Å². The molecule has 0 aliphatic carbocycles. The molecule has 0 atom stereocenters. The number of carbonyl (C=O) groups is 1. The van der Waals surface area contributed by atoms with Crippen LogP contribution in [0.3, 0.4) is 0 Å². The number of hydrogen-bond acceptors (Lipinski definition) is 2. The number of nitrogens with zero attached hydrogens (tertiary/aromatic N) is 2. The van der Waals surface area contributed by atoms with Crippen LogP contribution in [0.5, 0.6) is 0 Å². The van der Waals surface area contributed by atoms with Crippen molar-refractivity contribution in [3.63, 3.8) is 0 Å². The van der Waals surface area contributed by atoms with Crippen molar-refractivity contribution in [1.29, 1.82) is 0 Å². The molecule has 5 heteroatoms. The van der Waals surface area contributed by atoms with E-state index in [2.05, 4.69) is 10.5 Å². The third-order valence-electron chi connectivity index (χ3n) is 4.52. The molecule has 0 fully saturated rings. The maximum atomic E-state index is 14.0. The quantitative estimate of drug-likeness (QED) is 0.405. The fraction of sp³-hybridized carbons (Fsp3) is 0.0435. The number of nitrogens with one attached hydrogen (secondary N) is 1. The molecule has 0 saturated heterocycles. The van der Waals surface area contributed by atoms with Gasteiger partial charge in [-0.3, -0.25) is 4.79 Å². The van der Waals surface area contributed by atoms with Gasteiger partial charge in [0.15, 0.2) is 0 Å². The number of benzene rings is 3. The normalized spacial score (nSPS) is 11.2. The van der Waals surface area contributed by atoms with Gasteiger partial charge in [-0.05, 0) is 24.3 Å². The third-order valence-corrected chi connectivity index (χ3v) is 4.52. The average Bonchev–Trinajstić information content (AvgIpc) is 3.08. The van der Waals surface area contributed by atoms with Crippen LogP contribution in [0, 0.1) is 5.82 Å². The predicted octanol–water partition coefficient (Wildman–Crippen LogP) is 4.59. The van der Waals surface area contributed by atoms with Crippen LogP contribution in [-0.4, -0.2) is 16.7 Å². The molecule has 0 aliphatic heterocycles. The van der Waals surface area contributed by atoms with E-state index >= 15 is 0 Å². The molecule has 0 saturated carbocycles. The first-order chi connectivity index (χ1) is 13.7. The molecule has 0 unspecified atom stereocenters. The van der Waals surface area contributed by atoms with Gasteiger partial charge in [-0.15, -0.1) is 0 Å². The summed E-state index contributed by atoms with van der Waals surface area (Å²) in [6, 6.07) is 23.5. The van der Waals surface area contributed by atoms with Gasteiger partial charge in [0.05, 0.1) is 12.8 Å². The number of hydrazone groups is 1. The van der Waals surface area contributed by atoms with E-state index in [1.54, 1.807) is 42.6 Å². The lowest BCUT2D eigenvalue weighted by atomic mass is 10.2. The van der Waals surface area contributed by atoms with E-state index in [4.69, 9.17) is 0 Å². The predicted molar refractivity (Wildman–Crippen MR) is 109 cm³/mol. The van der Waals surface area contributed by atoms with Crippen molar-refractivity contribution in [1.82, 2.24) is 9.99 Å². The van der Waals surface area contributed by atoms with E-state index in [-0.39, 0.29) is 11.7 Å². The Morgan fingerprint density at radius 2 is 1.68 bits per heavy atom. The minimum atomic E-state index is -0.271. The van der Waals surface area contributed by atoms with Crippen molar-refractivity contribution in [3.8, 4) is 0 Å². The molecule has 0 radical (unpaired) electrons. The molecule has 1 N–H and O–H groups in total. The van der Waals surface area contributed by atoms with Gasteiger partial charge in [0, 0.05) is 33.8 Å². The number of carbonyl (C=O) groups excluding carboxylic acids is 1. The Kier molecular flexibility index (Phi) is 4.97. The monoisotopic (exact) mass is 371 g/mol. The Bertz CT molecular complexity index is 1150. The van der Waals surface area contributed by atoms with Crippen molar-refractivity contribution in [2.45, 2.75) is 6.54 Å². The molecule has 4 aromatic rings. The third kappa shape index (κ3) is 3.69. The van der Waals surface area contributed by atoms with E-state index in [9.17, 15) is 9.18 Å². The topological polar surface area (TPSA) is 46.4 Å². The van der Waals surface area contributed by atoms with Crippen LogP contribution >= 0.6 is 0 Å². The first-order valence-corrected chi connectivity index (χ1v) is 8.92. The summed E-state index contributed by atoms with van der Waals surface area (Å²) >= 11 is 0. The molecule has 4 nitrogen and oxygen atoms in total. The minimum Gasteiger partial charge on any atom is -0.342 e. The molecule has 0 aliphatic rings. The van der Waals surface area contributed by atoms with Gasteiger partial charge in [0.25, 0.3) is 5.91 Å². The Hall–Kier alpha value is -3.73. The van der Waals surface area contributed by atoms with Crippen molar-refractivity contribution >= 4 is 23.0 Å². The number of aromatic nitrogens is 1. The van der Waals surface area contributed by atoms with Crippen LogP contribution in [-0.2, 0) is 6.54 Å². The minimum absolute atomic E-state index is 0.231. The molecule has 138 valence electrons. The standard InChI is InChI=1S/C23H18FN3O/c24-21-12-6-4-10-18(21)15-27-16-19(20-11-5-7-13-22(20)27)14-25-26-23(28)17-8-2-1-3-9-17/h1-14,16H,15H2,(H,26,28)/b25-14+. The van der Waals surface area contributed by atoms with Crippen molar-refractivity contribution in [3.05, 3.63) is 108 Å². The molecule has 4 rings (SSSR count). The SMILES string of the molecule is O=C(N/N=C/c1cn(Cc2ccccc2F)c2ccccc12)c1ccccc1. The maximum Gasteiger partial charge on any atom is 0.271 e. The number of rotatable bonds is 5. The number of amides is 1. The van der Waals surface area contributed by atoms with Crippen molar-refractivity contribution < 1.29 is 9.18 Å². The summed E-state index contributed by atoms with van der Waals surface area (Å²) in [5, 5.41) is 5.08. The van der Waals surface area contributed by atoms with Gasteiger partial charge in [0.2, 0.25) is 0 Å². The lowest BCUT2D eigenvalue weighted by Gasteiger charge is -2.06. The number of para-hydroxylation sites is 1. The van der Waals surface area contributed by atoms with Gasteiger partial charge in [-0.1, -0.05) is 54.6 Å². The van der Waals surface area contributed by atoms with Gasteiger partial charge in [0.1, 0.15) is 5.82 Å². The summed E-state index contributed by atoms with van der Waals surface area (Å²) in [4.78, 5) is 12.1. The number of fused-ring (bicyclic) bond motifs is 1. The van der Waals surface area contributed by atoms with E-state index in [1.807, 2.05) is 47.2 Å². The molecular formula is C23H18FN3O. The second-order valence-corrected chi connectivity index (χ2v) is 6.39. The average molecular weight is 371 g/mol. The van der Waals surface area contributed by atoms with Crippen LogP contribution < -0.4 is 5.43 Å². The second kappa shape index (κ2) is 7.88. The largest absolute Gasteiger partial charge is 0.342 e. The van der Waals surface area contributed by atoms with Crippen LogP contribution in [0.15, 0.2) is 90.2 Å². The van der Waals surface area contributed by atoms with E-state index in [0.717, 1.165) is 16.5 Å². The highest BCUT2D eigenvalue weighted by Gasteiger charge is 2.09. The summed E-state index contributed by atoms with van der Waals surface area (Å²) in [6.07, 6.45) is 3.52. The Balaban J connectivity index is 1.59. The van der Waals surface area contributed by atoms with Crippen molar-refractivity contribution in [2.24, 2.45) is 5.10 Å². The summed E-state index contributed by atoms with van der Waals surface area (Å²) in [6.45, 7) is 0.414. The van der Waals surface area contributed by atoms with E-state index in [1.165, 1.54) is 6.07 Å². The molecule has 0 bridgehead atoms. The smallest absolute Gasteiger partial charge is 0.271 e. The fourth-order valence-electron chi connectivity index (χ4n) is 3.13. The van der Waals surface area contributed by atoms with Crippen LogP contribution in [0.1, 0.15) is 21.5 Å². The second-order valence-electron chi connectivity index (χ2n) is 6.39. The molecule has 28 heavy (non-hydrogen) atoms. The highest BCUT2D eigenvalue weighted by Crippen LogP contribution is 2.22. The van der Waals surface area contributed by atoms with E-state index in [0.29, 0.717) is 17.7 Å². The molecule has 1 aromatic heterocycles. The lowest BCUT2D eigenvalue weighted by molar-refractivity contribution is 0.0955. The Morgan fingerprint density at radius 3 is 2.50 bits per heavy atom. The first kappa shape index (κ1) is 17.7. The Morgan fingerprint density at radius 1 is 0.964 bits per heavy atom.